The molecule has 28 heavy (non-hydrogen) atoms. The van der Waals surface area contributed by atoms with Crippen LogP contribution in [0.2, 0.25) is 0 Å². The van der Waals surface area contributed by atoms with Gasteiger partial charge in [-0.3, -0.25) is 32.9 Å². The maximum Gasteiger partial charge on any atom is 0.332 e. The lowest BCUT2D eigenvalue weighted by Gasteiger charge is -2.16. The van der Waals surface area contributed by atoms with E-state index in [1.54, 1.807) is 12.3 Å². The molecule has 0 aliphatic heterocycles. The molecule has 0 spiro atoms. The van der Waals surface area contributed by atoms with E-state index in [0.29, 0.717) is 5.69 Å². The van der Waals surface area contributed by atoms with Crippen LogP contribution in [0.5, 0.6) is 0 Å². The Hall–Kier alpha value is -2.95. The summed E-state index contributed by atoms with van der Waals surface area (Å²) in [5, 5.41) is 1.60. The topological polar surface area (TPSA) is 135 Å². The number of esters is 1. The second kappa shape index (κ2) is 8.38. The quantitative estimate of drug-likeness (QED) is 0.491. The third-order valence-corrected chi connectivity index (χ3v) is 4.92. The number of nitrogens with zero attached hydrogens (tertiary/aromatic N) is 3. The number of carbonyl (C=O) groups is 2. The molecule has 0 saturated heterocycles. The van der Waals surface area contributed by atoms with E-state index < -0.39 is 35.2 Å². The molecule has 0 aliphatic carbocycles. The predicted molar refractivity (Wildman–Crippen MR) is 104 cm³/mol. The van der Waals surface area contributed by atoms with Crippen molar-refractivity contribution in [3.05, 3.63) is 47.1 Å². The number of ether oxygens (including phenoxy) is 1. The Morgan fingerprint density at radius 1 is 1.21 bits per heavy atom. The van der Waals surface area contributed by atoms with Crippen LogP contribution in [0.25, 0.3) is 0 Å². The third-order valence-electron chi connectivity index (χ3n) is 4.04. The normalized spacial score (nSPS) is 11.0. The molecule has 0 saturated carbocycles. The summed E-state index contributed by atoms with van der Waals surface area (Å²) in [6.45, 7) is 4.53. The van der Waals surface area contributed by atoms with Crippen molar-refractivity contribution in [2.75, 3.05) is 12.3 Å². The van der Waals surface area contributed by atoms with Gasteiger partial charge in [-0.05, 0) is 12.8 Å². The highest BCUT2D eigenvalue weighted by molar-refractivity contribution is 7.07. The van der Waals surface area contributed by atoms with Gasteiger partial charge in [0.2, 0.25) is 5.78 Å². The first kappa shape index (κ1) is 21.4. The van der Waals surface area contributed by atoms with E-state index in [4.69, 9.17) is 10.5 Å². The highest BCUT2D eigenvalue weighted by atomic mass is 32.1. The Kier molecular flexibility index (Phi) is 6.39. The first-order chi connectivity index (χ1) is 13.0. The van der Waals surface area contributed by atoms with Crippen LogP contribution in [0, 0.1) is 12.8 Å². The minimum absolute atomic E-state index is 0.0467. The van der Waals surface area contributed by atoms with Crippen molar-refractivity contribution >= 4 is 28.9 Å². The summed E-state index contributed by atoms with van der Waals surface area (Å²) < 4.78 is 8.07. The minimum Gasteiger partial charge on any atom is -0.456 e. The van der Waals surface area contributed by atoms with Crippen molar-refractivity contribution in [3.63, 3.8) is 0 Å². The molecule has 2 aromatic rings. The molecule has 0 amide bonds. The van der Waals surface area contributed by atoms with Gasteiger partial charge in [0.05, 0.1) is 0 Å². The first-order valence-electron chi connectivity index (χ1n) is 8.47. The number of carbonyl (C=O) groups excluding carboxylic acids is 2. The van der Waals surface area contributed by atoms with Gasteiger partial charge in [-0.15, -0.1) is 0 Å². The molecule has 152 valence electrons. The molecular weight excluding hydrogens is 388 g/mol. The van der Waals surface area contributed by atoms with Crippen molar-refractivity contribution < 1.29 is 14.3 Å². The SMILES string of the molecule is Cc1csc(=O)n1CC(=O)OCC(=O)c1c(N)n(CC(C)C)c(=O)n(C)c1=O. The largest absolute Gasteiger partial charge is 0.456 e. The number of nitrogens with two attached hydrogens (primary N) is 1. The smallest absolute Gasteiger partial charge is 0.332 e. The van der Waals surface area contributed by atoms with Crippen LogP contribution in [0.15, 0.2) is 19.8 Å². The van der Waals surface area contributed by atoms with Crippen LogP contribution in [0.1, 0.15) is 29.9 Å². The second-order valence-electron chi connectivity index (χ2n) is 6.72. The molecule has 2 heterocycles. The number of Topliss-reactive ketones (excluding diaryl/α,β-unsaturated/α-hetero) is 1. The average molecular weight is 410 g/mol. The molecule has 2 N–H and O–H groups in total. The lowest BCUT2D eigenvalue weighted by molar-refractivity contribution is -0.143. The van der Waals surface area contributed by atoms with Gasteiger partial charge in [0.1, 0.15) is 17.9 Å². The fraction of sp³-hybridized carbons (Fsp3) is 0.471. The number of nitrogen functional groups attached to an aromatic ring is 1. The van der Waals surface area contributed by atoms with Gasteiger partial charge in [0, 0.05) is 24.7 Å². The van der Waals surface area contributed by atoms with Crippen molar-refractivity contribution in [3.8, 4) is 0 Å². The lowest BCUT2D eigenvalue weighted by atomic mass is 10.1. The molecule has 11 heteroatoms. The number of hydrogen-bond acceptors (Lipinski definition) is 8. The summed E-state index contributed by atoms with van der Waals surface area (Å²) in [4.78, 5) is 60.3. The van der Waals surface area contributed by atoms with Gasteiger partial charge in [-0.1, -0.05) is 25.2 Å². The molecule has 0 aromatic carbocycles. The van der Waals surface area contributed by atoms with Crippen molar-refractivity contribution in [1.82, 2.24) is 13.7 Å². The first-order valence-corrected chi connectivity index (χ1v) is 9.35. The monoisotopic (exact) mass is 410 g/mol. The summed E-state index contributed by atoms with van der Waals surface area (Å²) in [5.74, 6) is -1.83. The van der Waals surface area contributed by atoms with Crippen LogP contribution in [-0.4, -0.2) is 32.1 Å². The molecule has 2 aromatic heterocycles. The van der Waals surface area contributed by atoms with Crippen molar-refractivity contribution in [1.29, 1.82) is 0 Å². The van der Waals surface area contributed by atoms with Crippen molar-refractivity contribution in [2.45, 2.75) is 33.9 Å². The maximum atomic E-state index is 12.5. The highest BCUT2D eigenvalue weighted by Gasteiger charge is 2.23. The minimum atomic E-state index is -0.853. The van der Waals surface area contributed by atoms with E-state index in [1.807, 2.05) is 13.8 Å². The van der Waals surface area contributed by atoms with Crippen LogP contribution in [-0.2, 0) is 29.7 Å². The summed E-state index contributed by atoms with van der Waals surface area (Å²) in [6, 6.07) is 0. The number of thiazole rings is 1. The molecule has 2 rings (SSSR count). The van der Waals surface area contributed by atoms with Gasteiger partial charge >= 0.3 is 16.5 Å². The van der Waals surface area contributed by atoms with Crippen LogP contribution < -0.4 is 21.9 Å². The molecule has 0 fully saturated rings. The number of anilines is 1. The van der Waals surface area contributed by atoms with Gasteiger partial charge in [-0.25, -0.2) is 4.79 Å². The number of aryl methyl sites for hydroxylation is 1. The summed E-state index contributed by atoms with van der Waals surface area (Å²) in [7, 11) is 1.25. The zero-order valence-electron chi connectivity index (χ0n) is 16.1. The van der Waals surface area contributed by atoms with E-state index in [2.05, 4.69) is 0 Å². The number of hydrogen-bond donors (Lipinski definition) is 1. The Bertz CT molecular complexity index is 1090. The van der Waals surface area contributed by atoms with Gasteiger partial charge in [0.15, 0.2) is 6.61 Å². The van der Waals surface area contributed by atoms with Gasteiger partial charge in [-0.2, -0.15) is 0 Å². The summed E-state index contributed by atoms with van der Waals surface area (Å²) >= 11 is 0.947. The van der Waals surface area contributed by atoms with Crippen LogP contribution >= 0.6 is 11.3 Å². The van der Waals surface area contributed by atoms with E-state index in [-0.39, 0.29) is 29.7 Å². The van der Waals surface area contributed by atoms with E-state index >= 15 is 0 Å². The zero-order valence-corrected chi connectivity index (χ0v) is 16.9. The van der Waals surface area contributed by atoms with Gasteiger partial charge < -0.3 is 10.5 Å². The molecule has 0 aliphatic rings. The molecule has 10 nitrogen and oxygen atoms in total. The lowest BCUT2D eigenvalue weighted by Crippen LogP contribution is -2.43. The van der Waals surface area contributed by atoms with Crippen molar-refractivity contribution in [2.24, 2.45) is 13.0 Å². The summed E-state index contributed by atoms with van der Waals surface area (Å²) in [6.07, 6.45) is 0. The molecule has 0 atom stereocenters. The zero-order chi connectivity index (χ0) is 21.2. The predicted octanol–water partition coefficient (Wildman–Crippen LogP) is -0.257. The highest BCUT2D eigenvalue weighted by Crippen LogP contribution is 2.09. The fourth-order valence-electron chi connectivity index (χ4n) is 2.58. The Morgan fingerprint density at radius 3 is 2.39 bits per heavy atom. The average Bonchev–Trinajstić information content (AvgIpc) is 2.93. The molecular formula is C17H22N4O6S. The number of rotatable bonds is 7. The fourth-order valence-corrected chi connectivity index (χ4v) is 3.31. The third kappa shape index (κ3) is 4.30. The van der Waals surface area contributed by atoms with E-state index in [9.17, 15) is 24.0 Å². The molecule has 0 bridgehead atoms. The standard InChI is InChI=1S/C17H22N4O6S/c1-9(2)5-21-14(18)13(15(24)19(4)16(21)25)11(22)7-27-12(23)6-20-10(3)8-28-17(20)26/h8-9H,5-7,18H2,1-4H3. The summed E-state index contributed by atoms with van der Waals surface area (Å²) in [5.41, 5.74) is 4.61. The maximum absolute atomic E-state index is 12.5. The molecule has 0 radical (unpaired) electrons. The van der Waals surface area contributed by atoms with Gasteiger partial charge in [0.25, 0.3) is 5.56 Å². The van der Waals surface area contributed by atoms with Crippen LogP contribution in [0.4, 0.5) is 5.82 Å². The Morgan fingerprint density at radius 2 is 1.86 bits per heavy atom. The molecule has 0 unspecified atom stereocenters. The number of aromatic nitrogens is 3. The Labute approximate surface area is 163 Å². The Balaban J connectivity index is 2.23. The second-order valence-corrected chi connectivity index (χ2v) is 7.55. The van der Waals surface area contributed by atoms with E-state index in [1.165, 1.54) is 11.6 Å². The van der Waals surface area contributed by atoms with E-state index in [0.717, 1.165) is 20.5 Å². The number of ketones is 1. The van der Waals surface area contributed by atoms with Crippen LogP contribution in [0.3, 0.4) is 0 Å².